The van der Waals surface area contributed by atoms with Gasteiger partial charge in [0.05, 0.1) is 13.1 Å². The van der Waals surface area contributed by atoms with Crippen molar-refractivity contribution in [3.8, 4) is 0 Å². The van der Waals surface area contributed by atoms with Gasteiger partial charge in [-0.2, -0.15) is 0 Å². The maximum atomic E-state index is 12.9. The van der Waals surface area contributed by atoms with Crippen LogP contribution in [0.4, 0.5) is 14.5 Å². The van der Waals surface area contributed by atoms with Crippen LogP contribution in [0.1, 0.15) is 0 Å². The molecule has 1 aromatic rings. The summed E-state index contributed by atoms with van der Waals surface area (Å²) in [5.41, 5.74) is 0.0111. The van der Waals surface area contributed by atoms with Gasteiger partial charge < -0.3 is 15.5 Å². The Bertz CT molecular complexity index is 460. The van der Waals surface area contributed by atoms with Gasteiger partial charge in [-0.1, -0.05) is 0 Å². The number of likely N-dealkylation sites (N-methyl/N-ethyl adjacent to an activating group) is 2. The summed E-state index contributed by atoms with van der Waals surface area (Å²) in [6.45, 7) is -0.0863. The molecule has 1 rings (SSSR count). The second-order valence-electron chi connectivity index (χ2n) is 3.99. The van der Waals surface area contributed by atoms with Crippen molar-refractivity contribution in [1.82, 2.24) is 10.2 Å². The average Bonchev–Trinajstić information content (AvgIpc) is 2.27. The summed E-state index contributed by atoms with van der Waals surface area (Å²) in [4.78, 5) is 24.2. The first-order valence-electron chi connectivity index (χ1n) is 5.57. The number of carbonyl (C=O) groups is 2. The maximum absolute atomic E-state index is 12.9. The molecule has 0 heterocycles. The van der Waals surface area contributed by atoms with Gasteiger partial charge in [0, 0.05) is 18.8 Å². The molecule has 0 unspecified atom stereocenters. The number of rotatable bonds is 5. The van der Waals surface area contributed by atoms with E-state index in [0.29, 0.717) is 6.07 Å². The van der Waals surface area contributed by atoms with E-state index in [1.807, 2.05) is 0 Å². The molecule has 7 heteroatoms. The summed E-state index contributed by atoms with van der Waals surface area (Å²) in [6, 6.07) is 2.70. The van der Waals surface area contributed by atoms with Crippen LogP contribution in [0.5, 0.6) is 0 Å². The fourth-order valence-corrected chi connectivity index (χ4v) is 1.42. The molecule has 0 spiro atoms. The number of halogens is 2. The van der Waals surface area contributed by atoms with E-state index in [0.717, 1.165) is 12.1 Å². The number of anilines is 1. The number of amides is 2. The molecular weight excluding hydrogens is 256 g/mol. The van der Waals surface area contributed by atoms with Crippen LogP contribution in [0.25, 0.3) is 0 Å². The molecule has 0 aliphatic rings. The summed E-state index contributed by atoms with van der Waals surface area (Å²) < 4.78 is 25.8. The van der Waals surface area contributed by atoms with Crippen molar-refractivity contribution < 1.29 is 18.4 Å². The summed E-state index contributed by atoms with van der Waals surface area (Å²) in [7, 11) is 3.08. The predicted octanol–water partition coefficient (Wildman–Crippen LogP) is 0.581. The molecule has 0 atom stereocenters. The van der Waals surface area contributed by atoms with Gasteiger partial charge in [-0.15, -0.1) is 0 Å². The molecule has 0 fully saturated rings. The predicted molar refractivity (Wildman–Crippen MR) is 66.6 cm³/mol. The van der Waals surface area contributed by atoms with Gasteiger partial charge in [0.25, 0.3) is 0 Å². The van der Waals surface area contributed by atoms with Crippen LogP contribution >= 0.6 is 0 Å². The molecule has 0 saturated heterocycles. The van der Waals surface area contributed by atoms with Crippen molar-refractivity contribution in [2.24, 2.45) is 0 Å². The van der Waals surface area contributed by atoms with Crippen LogP contribution in [0, 0.1) is 11.6 Å². The lowest BCUT2D eigenvalue weighted by atomic mass is 10.3. The van der Waals surface area contributed by atoms with Crippen molar-refractivity contribution in [3.63, 3.8) is 0 Å². The van der Waals surface area contributed by atoms with Crippen molar-refractivity contribution >= 4 is 17.5 Å². The molecule has 0 bridgehead atoms. The molecule has 19 heavy (non-hydrogen) atoms. The first-order chi connectivity index (χ1) is 8.92. The third kappa shape index (κ3) is 5.01. The highest BCUT2D eigenvalue weighted by molar-refractivity contribution is 5.94. The number of hydrogen-bond donors (Lipinski definition) is 2. The number of nitrogens with zero attached hydrogens (tertiary/aromatic N) is 1. The van der Waals surface area contributed by atoms with E-state index in [4.69, 9.17) is 0 Å². The summed E-state index contributed by atoms with van der Waals surface area (Å²) in [5, 5.41) is 4.98. The minimum atomic E-state index is -0.782. The van der Waals surface area contributed by atoms with E-state index >= 15 is 0 Å². The molecule has 0 aliphatic heterocycles. The van der Waals surface area contributed by atoms with E-state index in [1.54, 1.807) is 7.05 Å². The van der Waals surface area contributed by atoms with Gasteiger partial charge in [0.2, 0.25) is 11.8 Å². The van der Waals surface area contributed by atoms with Crippen molar-refractivity contribution in [1.29, 1.82) is 0 Å². The fraction of sp³-hybridized carbons (Fsp3) is 0.333. The summed E-state index contributed by atoms with van der Waals surface area (Å²) >= 11 is 0. The summed E-state index contributed by atoms with van der Waals surface area (Å²) in [5.74, 6) is -2.36. The molecule has 0 aliphatic carbocycles. The smallest absolute Gasteiger partial charge is 0.243 e. The topological polar surface area (TPSA) is 61.4 Å². The second-order valence-corrected chi connectivity index (χ2v) is 3.99. The van der Waals surface area contributed by atoms with Gasteiger partial charge in [0.1, 0.15) is 11.6 Å². The molecule has 2 N–H and O–H groups in total. The molecule has 0 aromatic heterocycles. The lowest BCUT2D eigenvalue weighted by molar-refractivity contribution is -0.132. The highest BCUT2D eigenvalue weighted by atomic mass is 19.1. The zero-order valence-electron chi connectivity index (χ0n) is 10.7. The van der Waals surface area contributed by atoms with Gasteiger partial charge in [-0.25, -0.2) is 8.78 Å². The molecule has 1 aromatic carbocycles. The van der Waals surface area contributed by atoms with Crippen molar-refractivity contribution in [3.05, 3.63) is 29.8 Å². The Balaban J connectivity index is 2.57. The van der Waals surface area contributed by atoms with E-state index in [-0.39, 0.29) is 24.7 Å². The van der Waals surface area contributed by atoms with Crippen LogP contribution in [-0.2, 0) is 9.59 Å². The fourth-order valence-electron chi connectivity index (χ4n) is 1.42. The first-order valence-corrected chi connectivity index (χ1v) is 5.57. The van der Waals surface area contributed by atoms with Crippen LogP contribution in [-0.4, -0.2) is 43.9 Å². The largest absolute Gasteiger partial charge is 0.335 e. The van der Waals surface area contributed by atoms with Crippen LogP contribution < -0.4 is 10.6 Å². The van der Waals surface area contributed by atoms with Crippen LogP contribution in [0.3, 0.4) is 0 Å². The van der Waals surface area contributed by atoms with Gasteiger partial charge in [0.15, 0.2) is 0 Å². The van der Waals surface area contributed by atoms with Gasteiger partial charge in [-0.3, -0.25) is 9.59 Å². The molecule has 104 valence electrons. The molecule has 0 saturated carbocycles. The lowest BCUT2D eigenvalue weighted by Gasteiger charge is -2.16. The van der Waals surface area contributed by atoms with E-state index < -0.39 is 17.5 Å². The SMILES string of the molecule is CNCC(=O)N(C)CC(=O)Nc1cc(F)cc(F)c1. The van der Waals surface area contributed by atoms with E-state index in [9.17, 15) is 18.4 Å². The Labute approximate surface area is 109 Å². The first kappa shape index (κ1) is 15.0. The highest BCUT2D eigenvalue weighted by Crippen LogP contribution is 2.12. The minimum absolute atomic E-state index is 0.0111. The zero-order chi connectivity index (χ0) is 14.4. The van der Waals surface area contributed by atoms with Crippen LogP contribution in [0.2, 0.25) is 0 Å². The highest BCUT2D eigenvalue weighted by Gasteiger charge is 2.12. The monoisotopic (exact) mass is 271 g/mol. The lowest BCUT2D eigenvalue weighted by Crippen LogP contribution is -2.39. The number of nitrogens with one attached hydrogen (secondary N) is 2. The number of hydrogen-bond acceptors (Lipinski definition) is 3. The molecular formula is C12H15F2N3O2. The third-order valence-corrected chi connectivity index (χ3v) is 2.28. The van der Waals surface area contributed by atoms with E-state index in [2.05, 4.69) is 10.6 Å². The van der Waals surface area contributed by atoms with Crippen molar-refractivity contribution in [2.45, 2.75) is 0 Å². The quantitative estimate of drug-likeness (QED) is 0.823. The Morgan fingerprint density at radius 2 is 1.79 bits per heavy atom. The Morgan fingerprint density at radius 1 is 1.21 bits per heavy atom. The van der Waals surface area contributed by atoms with Crippen LogP contribution in [0.15, 0.2) is 18.2 Å². The van der Waals surface area contributed by atoms with Gasteiger partial charge in [-0.05, 0) is 19.2 Å². The normalized spacial score (nSPS) is 10.1. The standard InChI is InChI=1S/C12H15F2N3O2/c1-15-6-12(19)17(2)7-11(18)16-10-4-8(13)3-9(14)5-10/h3-5,15H,6-7H2,1-2H3,(H,16,18). The molecule has 2 amide bonds. The molecule has 0 radical (unpaired) electrons. The van der Waals surface area contributed by atoms with Gasteiger partial charge >= 0.3 is 0 Å². The third-order valence-electron chi connectivity index (χ3n) is 2.28. The van der Waals surface area contributed by atoms with E-state index in [1.165, 1.54) is 11.9 Å². The summed E-state index contributed by atoms with van der Waals surface area (Å²) in [6.07, 6.45) is 0. The minimum Gasteiger partial charge on any atom is -0.335 e. The Kier molecular flexibility index (Phi) is 5.37. The molecule has 5 nitrogen and oxygen atoms in total. The number of benzene rings is 1. The van der Waals surface area contributed by atoms with Crippen molar-refractivity contribution in [2.75, 3.05) is 32.5 Å². The second kappa shape index (κ2) is 6.79. The Hall–Kier alpha value is -2.02. The maximum Gasteiger partial charge on any atom is 0.243 e. The Morgan fingerprint density at radius 3 is 2.32 bits per heavy atom. The number of carbonyl (C=O) groups excluding carboxylic acids is 2. The zero-order valence-corrected chi connectivity index (χ0v) is 10.7. The average molecular weight is 271 g/mol.